The largest absolute Gasteiger partial charge is 0.382 e. The Morgan fingerprint density at radius 3 is 2.94 bits per heavy atom. The smallest absolute Gasteiger partial charge is 0.0991 e. The number of ether oxygens (including phenoxy) is 1. The zero-order valence-electron chi connectivity index (χ0n) is 10.3. The van der Waals surface area contributed by atoms with Gasteiger partial charge in [-0.15, -0.1) is 0 Å². The van der Waals surface area contributed by atoms with Gasteiger partial charge in [0.15, 0.2) is 0 Å². The van der Waals surface area contributed by atoms with Crippen LogP contribution in [0.25, 0.3) is 0 Å². The van der Waals surface area contributed by atoms with Crippen molar-refractivity contribution < 1.29 is 4.74 Å². The molecule has 1 aromatic carbocycles. The number of fused-ring (bicyclic) bond motifs is 1. The van der Waals surface area contributed by atoms with Gasteiger partial charge in [0.25, 0.3) is 0 Å². The average molecular weight is 230 g/mol. The van der Waals surface area contributed by atoms with Crippen LogP contribution in [0.5, 0.6) is 0 Å². The van der Waals surface area contributed by atoms with Gasteiger partial charge in [0.1, 0.15) is 0 Å². The summed E-state index contributed by atoms with van der Waals surface area (Å²) in [6, 6.07) is 8.19. The minimum atomic E-state index is 0.764. The molecule has 0 aliphatic carbocycles. The van der Waals surface area contributed by atoms with Gasteiger partial charge in [0.2, 0.25) is 0 Å². The molecule has 3 nitrogen and oxygen atoms in total. The SMILES string of the molecule is CCOCCCN1Cc2ccc(C#N)cc2C1. The van der Waals surface area contributed by atoms with Gasteiger partial charge in [-0.05, 0) is 36.6 Å². The highest BCUT2D eigenvalue weighted by Gasteiger charge is 2.18. The zero-order chi connectivity index (χ0) is 12.1. The van der Waals surface area contributed by atoms with Crippen LogP contribution >= 0.6 is 0 Å². The molecule has 0 aromatic heterocycles. The van der Waals surface area contributed by atoms with Crippen LogP contribution in [-0.4, -0.2) is 24.7 Å². The summed E-state index contributed by atoms with van der Waals surface area (Å²) in [7, 11) is 0. The number of benzene rings is 1. The molecule has 1 heterocycles. The van der Waals surface area contributed by atoms with Gasteiger partial charge in [-0.3, -0.25) is 4.90 Å². The van der Waals surface area contributed by atoms with Crippen molar-refractivity contribution in [1.82, 2.24) is 4.90 Å². The van der Waals surface area contributed by atoms with Crippen molar-refractivity contribution in [3.05, 3.63) is 34.9 Å². The van der Waals surface area contributed by atoms with E-state index in [1.165, 1.54) is 11.1 Å². The van der Waals surface area contributed by atoms with Crippen molar-refractivity contribution in [2.45, 2.75) is 26.4 Å². The first-order valence-electron chi connectivity index (χ1n) is 6.15. The molecule has 1 aromatic rings. The monoisotopic (exact) mass is 230 g/mol. The van der Waals surface area contributed by atoms with Gasteiger partial charge < -0.3 is 4.74 Å². The van der Waals surface area contributed by atoms with Crippen molar-refractivity contribution in [1.29, 1.82) is 5.26 Å². The fraction of sp³-hybridized carbons (Fsp3) is 0.500. The third-order valence-electron chi connectivity index (χ3n) is 3.09. The molecule has 0 unspecified atom stereocenters. The Morgan fingerprint density at radius 2 is 2.18 bits per heavy atom. The van der Waals surface area contributed by atoms with E-state index in [9.17, 15) is 0 Å². The summed E-state index contributed by atoms with van der Waals surface area (Å²) in [5, 5.41) is 8.86. The third-order valence-corrected chi connectivity index (χ3v) is 3.09. The molecule has 0 N–H and O–H groups in total. The predicted octanol–water partition coefficient (Wildman–Crippen LogP) is 2.30. The first-order chi connectivity index (χ1) is 8.33. The molecule has 1 aliphatic heterocycles. The minimum Gasteiger partial charge on any atom is -0.382 e. The maximum atomic E-state index is 8.86. The summed E-state index contributed by atoms with van der Waals surface area (Å²) in [6.45, 7) is 6.70. The van der Waals surface area contributed by atoms with E-state index in [1.54, 1.807) is 0 Å². The number of hydrogen-bond donors (Lipinski definition) is 0. The molecule has 3 heteroatoms. The lowest BCUT2D eigenvalue weighted by Gasteiger charge is -2.14. The maximum absolute atomic E-state index is 8.86. The molecule has 0 spiro atoms. The Hall–Kier alpha value is -1.37. The Bertz CT molecular complexity index is 423. The summed E-state index contributed by atoms with van der Waals surface area (Å²) in [5.74, 6) is 0. The van der Waals surface area contributed by atoms with Crippen LogP contribution in [0.4, 0.5) is 0 Å². The fourth-order valence-corrected chi connectivity index (χ4v) is 2.23. The molecule has 90 valence electrons. The Balaban J connectivity index is 1.86. The first kappa shape index (κ1) is 12.1. The second kappa shape index (κ2) is 5.81. The summed E-state index contributed by atoms with van der Waals surface area (Å²) < 4.78 is 5.34. The lowest BCUT2D eigenvalue weighted by molar-refractivity contribution is 0.131. The molecule has 1 aliphatic rings. The van der Waals surface area contributed by atoms with Crippen molar-refractivity contribution in [2.24, 2.45) is 0 Å². The molecule has 0 radical (unpaired) electrons. The van der Waals surface area contributed by atoms with Gasteiger partial charge in [-0.2, -0.15) is 5.26 Å². The number of hydrogen-bond acceptors (Lipinski definition) is 3. The molecular formula is C14H18N2O. The summed E-state index contributed by atoms with van der Waals surface area (Å²) in [4.78, 5) is 2.41. The molecule has 0 atom stereocenters. The second-order valence-corrected chi connectivity index (χ2v) is 4.36. The maximum Gasteiger partial charge on any atom is 0.0991 e. The average Bonchev–Trinajstić information content (AvgIpc) is 2.76. The van der Waals surface area contributed by atoms with Crippen LogP contribution in [0.15, 0.2) is 18.2 Å². The lowest BCUT2D eigenvalue weighted by Crippen LogP contribution is -2.19. The first-order valence-corrected chi connectivity index (χ1v) is 6.15. The van der Waals surface area contributed by atoms with Crippen LogP contribution in [0, 0.1) is 11.3 Å². The van der Waals surface area contributed by atoms with Crippen molar-refractivity contribution >= 4 is 0 Å². The van der Waals surface area contributed by atoms with E-state index in [-0.39, 0.29) is 0 Å². The molecule has 0 fully saturated rings. The normalized spacial score (nSPS) is 14.6. The van der Waals surface area contributed by atoms with Crippen LogP contribution < -0.4 is 0 Å². The van der Waals surface area contributed by atoms with Gasteiger partial charge in [0.05, 0.1) is 11.6 Å². The molecule has 2 rings (SSSR count). The Morgan fingerprint density at radius 1 is 1.35 bits per heavy atom. The van der Waals surface area contributed by atoms with Crippen LogP contribution in [0.1, 0.15) is 30.0 Å². The zero-order valence-corrected chi connectivity index (χ0v) is 10.3. The summed E-state index contributed by atoms with van der Waals surface area (Å²) >= 11 is 0. The van der Waals surface area contributed by atoms with Gasteiger partial charge in [-0.25, -0.2) is 0 Å². The third kappa shape index (κ3) is 3.06. The van der Waals surface area contributed by atoms with E-state index in [1.807, 2.05) is 19.1 Å². The van der Waals surface area contributed by atoms with E-state index in [2.05, 4.69) is 17.0 Å². The second-order valence-electron chi connectivity index (χ2n) is 4.36. The van der Waals surface area contributed by atoms with E-state index in [0.29, 0.717) is 0 Å². The van der Waals surface area contributed by atoms with Crippen molar-refractivity contribution in [3.63, 3.8) is 0 Å². The fourth-order valence-electron chi connectivity index (χ4n) is 2.23. The molecule has 0 bridgehead atoms. The minimum absolute atomic E-state index is 0.764. The van der Waals surface area contributed by atoms with Gasteiger partial charge in [-0.1, -0.05) is 6.07 Å². The van der Waals surface area contributed by atoms with Crippen LogP contribution in [0.2, 0.25) is 0 Å². The predicted molar refractivity (Wildman–Crippen MR) is 66.4 cm³/mol. The number of nitriles is 1. The Kier molecular flexibility index (Phi) is 4.13. The van der Waals surface area contributed by atoms with Gasteiger partial charge >= 0.3 is 0 Å². The van der Waals surface area contributed by atoms with Crippen LogP contribution in [0.3, 0.4) is 0 Å². The quantitative estimate of drug-likeness (QED) is 0.728. The van der Waals surface area contributed by atoms with Crippen molar-refractivity contribution in [2.75, 3.05) is 19.8 Å². The highest BCUT2D eigenvalue weighted by Crippen LogP contribution is 2.23. The van der Waals surface area contributed by atoms with Gasteiger partial charge in [0, 0.05) is 32.8 Å². The van der Waals surface area contributed by atoms with Crippen LogP contribution in [-0.2, 0) is 17.8 Å². The highest BCUT2D eigenvalue weighted by atomic mass is 16.5. The molecule has 0 saturated carbocycles. The van der Waals surface area contributed by atoms with E-state index < -0.39 is 0 Å². The summed E-state index contributed by atoms with van der Waals surface area (Å²) in [6.07, 6.45) is 1.08. The Labute approximate surface area is 103 Å². The molecule has 0 amide bonds. The topological polar surface area (TPSA) is 36.3 Å². The highest BCUT2D eigenvalue weighted by molar-refractivity contribution is 5.39. The summed E-state index contributed by atoms with van der Waals surface area (Å²) in [5.41, 5.74) is 3.43. The van der Waals surface area contributed by atoms with E-state index in [4.69, 9.17) is 10.00 Å². The van der Waals surface area contributed by atoms with Crippen molar-refractivity contribution in [3.8, 4) is 6.07 Å². The molecular weight excluding hydrogens is 212 g/mol. The number of rotatable bonds is 5. The van der Waals surface area contributed by atoms with E-state index >= 15 is 0 Å². The standard InChI is InChI=1S/C14H18N2O/c1-2-17-7-3-6-16-10-13-5-4-12(9-15)8-14(13)11-16/h4-5,8H,2-3,6-7,10-11H2,1H3. The lowest BCUT2D eigenvalue weighted by atomic mass is 10.1. The molecule has 0 saturated heterocycles. The molecule has 17 heavy (non-hydrogen) atoms. The van der Waals surface area contributed by atoms with E-state index in [0.717, 1.165) is 44.8 Å². The number of nitrogens with zero attached hydrogens (tertiary/aromatic N) is 2.